The molecule has 2 N–H and O–H groups in total. The number of fused-ring (bicyclic) bond motifs is 1. The molecule has 0 bridgehead atoms. The summed E-state index contributed by atoms with van der Waals surface area (Å²) in [5.41, 5.74) is 6.82. The molecule has 1 aromatic rings. The molecule has 0 aromatic carbocycles. The number of aryl methyl sites for hydroxylation is 1. The van der Waals surface area contributed by atoms with Gasteiger partial charge in [-0.1, -0.05) is 0 Å². The predicted octanol–water partition coefficient (Wildman–Crippen LogP) is 1.98. The second-order valence-corrected chi connectivity index (χ2v) is 5.45. The number of amides is 1. The lowest BCUT2D eigenvalue weighted by molar-refractivity contribution is -0.132. The van der Waals surface area contributed by atoms with E-state index in [1.807, 2.05) is 11.8 Å². The molecule has 2 rings (SSSR count). The van der Waals surface area contributed by atoms with Gasteiger partial charge in [0.2, 0.25) is 5.91 Å². The number of carbonyl (C=O) groups is 1. The summed E-state index contributed by atoms with van der Waals surface area (Å²) < 4.78 is 0. The van der Waals surface area contributed by atoms with Crippen molar-refractivity contribution in [2.75, 3.05) is 19.6 Å². The van der Waals surface area contributed by atoms with Gasteiger partial charge in [0.15, 0.2) is 0 Å². The van der Waals surface area contributed by atoms with E-state index >= 15 is 0 Å². The third-order valence-corrected chi connectivity index (χ3v) is 4.44. The standard InChI is InChI=1S/C13H20N2OS/c1-2-15(8-7-14)13(16)11-4-3-5-12-10(11)6-9-17-12/h6,9,11H,2-5,7-8,14H2,1H3. The lowest BCUT2D eigenvalue weighted by Crippen LogP contribution is -2.39. The number of nitrogens with zero attached hydrogens (tertiary/aromatic N) is 1. The maximum Gasteiger partial charge on any atom is 0.230 e. The maximum absolute atomic E-state index is 12.5. The summed E-state index contributed by atoms with van der Waals surface area (Å²) in [6.07, 6.45) is 3.26. The van der Waals surface area contributed by atoms with E-state index in [2.05, 4.69) is 11.4 Å². The van der Waals surface area contributed by atoms with Gasteiger partial charge in [0.25, 0.3) is 0 Å². The van der Waals surface area contributed by atoms with Crippen LogP contribution in [-0.2, 0) is 11.2 Å². The molecule has 17 heavy (non-hydrogen) atoms. The van der Waals surface area contributed by atoms with Gasteiger partial charge < -0.3 is 10.6 Å². The lowest BCUT2D eigenvalue weighted by atomic mass is 9.86. The van der Waals surface area contributed by atoms with Crippen molar-refractivity contribution >= 4 is 17.2 Å². The number of hydrogen-bond donors (Lipinski definition) is 1. The van der Waals surface area contributed by atoms with Crippen molar-refractivity contribution < 1.29 is 4.79 Å². The fourth-order valence-corrected chi connectivity index (χ4v) is 3.53. The van der Waals surface area contributed by atoms with Crippen molar-refractivity contribution in [1.29, 1.82) is 0 Å². The van der Waals surface area contributed by atoms with Crippen molar-refractivity contribution in [3.05, 3.63) is 21.9 Å². The summed E-state index contributed by atoms with van der Waals surface area (Å²) in [6.45, 7) is 3.99. The molecule has 0 aliphatic heterocycles. The molecular formula is C13H20N2OS. The van der Waals surface area contributed by atoms with Crippen molar-refractivity contribution in [2.45, 2.75) is 32.1 Å². The number of rotatable bonds is 4. The van der Waals surface area contributed by atoms with Gasteiger partial charge in [-0.15, -0.1) is 11.3 Å². The minimum atomic E-state index is 0.0801. The molecule has 0 saturated carbocycles. The Kier molecular flexibility index (Phi) is 4.18. The van der Waals surface area contributed by atoms with E-state index in [0.717, 1.165) is 25.8 Å². The zero-order chi connectivity index (χ0) is 12.3. The number of thiophene rings is 1. The van der Waals surface area contributed by atoms with Crippen LogP contribution in [0.1, 0.15) is 36.1 Å². The Morgan fingerprint density at radius 3 is 3.18 bits per heavy atom. The summed E-state index contributed by atoms with van der Waals surface area (Å²) in [5, 5.41) is 2.11. The van der Waals surface area contributed by atoms with E-state index in [0.29, 0.717) is 13.1 Å². The summed E-state index contributed by atoms with van der Waals surface area (Å²) >= 11 is 1.78. The monoisotopic (exact) mass is 252 g/mol. The van der Waals surface area contributed by atoms with E-state index in [1.54, 1.807) is 11.3 Å². The van der Waals surface area contributed by atoms with Gasteiger partial charge in [0.1, 0.15) is 0 Å². The maximum atomic E-state index is 12.5. The van der Waals surface area contributed by atoms with Crippen molar-refractivity contribution in [3.63, 3.8) is 0 Å². The van der Waals surface area contributed by atoms with E-state index in [9.17, 15) is 4.79 Å². The first-order valence-electron chi connectivity index (χ1n) is 6.33. The molecule has 3 nitrogen and oxygen atoms in total. The molecule has 1 heterocycles. The molecule has 0 fully saturated rings. The minimum Gasteiger partial charge on any atom is -0.341 e. The highest BCUT2D eigenvalue weighted by molar-refractivity contribution is 7.10. The molecule has 1 amide bonds. The van der Waals surface area contributed by atoms with Crippen molar-refractivity contribution in [3.8, 4) is 0 Å². The molecular weight excluding hydrogens is 232 g/mol. The molecule has 4 heteroatoms. The molecule has 0 radical (unpaired) electrons. The summed E-state index contributed by atoms with van der Waals surface area (Å²) in [4.78, 5) is 15.7. The molecule has 0 saturated heterocycles. The second kappa shape index (κ2) is 5.65. The van der Waals surface area contributed by atoms with Crippen LogP contribution in [-0.4, -0.2) is 30.4 Å². The van der Waals surface area contributed by atoms with Crippen LogP contribution < -0.4 is 5.73 Å². The Balaban J connectivity index is 2.16. The van der Waals surface area contributed by atoms with Gasteiger partial charge in [-0.25, -0.2) is 0 Å². The number of carbonyl (C=O) groups excluding carboxylic acids is 1. The Labute approximate surface area is 107 Å². The molecule has 1 atom stereocenters. The van der Waals surface area contributed by atoms with Crippen LogP contribution >= 0.6 is 11.3 Å². The van der Waals surface area contributed by atoms with Crippen LogP contribution in [0.25, 0.3) is 0 Å². The van der Waals surface area contributed by atoms with Crippen LogP contribution in [0, 0.1) is 0 Å². The quantitative estimate of drug-likeness (QED) is 0.890. The molecule has 1 aromatic heterocycles. The molecule has 1 aliphatic carbocycles. The zero-order valence-electron chi connectivity index (χ0n) is 10.3. The number of nitrogens with two attached hydrogens (primary N) is 1. The second-order valence-electron chi connectivity index (χ2n) is 4.45. The third-order valence-electron chi connectivity index (χ3n) is 3.44. The van der Waals surface area contributed by atoms with E-state index < -0.39 is 0 Å². The largest absolute Gasteiger partial charge is 0.341 e. The summed E-state index contributed by atoms with van der Waals surface area (Å²) in [7, 11) is 0. The lowest BCUT2D eigenvalue weighted by Gasteiger charge is -2.28. The molecule has 0 spiro atoms. The topological polar surface area (TPSA) is 46.3 Å². The first-order chi connectivity index (χ1) is 8.27. The van der Waals surface area contributed by atoms with Crippen molar-refractivity contribution in [2.24, 2.45) is 5.73 Å². The highest BCUT2D eigenvalue weighted by atomic mass is 32.1. The predicted molar refractivity (Wildman–Crippen MR) is 71.3 cm³/mol. The fourth-order valence-electron chi connectivity index (χ4n) is 2.54. The first-order valence-corrected chi connectivity index (χ1v) is 7.21. The van der Waals surface area contributed by atoms with Gasteiger partial charge in [0, 0.05) is 24.5 Å². The molecule has 1 aliphatic rings. The number of likely N-dealkylation sites (N-methyl/N-ethyl adjacent to an activating group) is 1. The Hall–Kier alpha value is -0.870. The molecule has 1 unspecified atom stereocenters. The van der Waals surface area contributed by atoms with Gasteiger partial charge in [-0.05, 0) is 43.2 Å². The van der Waals surface area contributed by atoms with Crippen LogP contribution in [0.4, 0.5) is 0 Å². The number of hydrogen-bond acceptors (Lipinski definition) is 3. The average Bonchev–Trinajstić information content (AvgIpc) is 2.83. The van der Waals surface area contributed by atoms with Gasteiger partial charge >= 0.3 is 0 Å². The van der Waals surface area contributed by atoms with E-state index in [1.165, 1.54) is 10.4 Å². The van der Waals surface area contributed by atoms with Crippen LogP contribution in [0.3, 0.4) is 0 Å². The molecule has 94 valence electrons. The fraction of sp³-hybridized carbons (Fsp3) is 0.615. The van der Waals surface area contributed by atoms with Gasteiger partial charge in [-0.2, -0.15) is 0 Å². The SMILES string of the molecule is CCN(CCN)C(=O)C1CCCc2sccc21. The Morgan fingerprint density at radius 1 is 1.65 bits per heavy atom. The highest BCUT2D eigenvalue weighted by Crippen LogP contribution is 2.35. The Morgan fingerprint density at radius 2 is 2.47 bits per heavy atom. The smallest absolute Gasteiger partial charge is 0.230 e. The van der Waals surface area contributed by atoms with Crippen LogP contribution in [0.5, 0.6) is 0 Å². The van der Waals surface area contributed by atoms with Gasteiger partial charge in [0.05, 0.1) is 5.92 Å². The van der Waals surface area contributed by atoms with E-state index in [4.69, 9.17) is 5.73 Å². The normalized spacial score (nSPS) is 18.8. The van der Waals surface area contributed by atoms with Crippen LogP contribution in [0.2, 0.25) is 0 Å². The Bertz CT molecular complexity index is 389. The summed E-state index contributed by atoms with van der Waals surface area (Å²) in [5.74, 6) is 0.341. The zero-order valence-corrected chi connectivity index (χ0v) is 11.1. The van der Waals surface area contributed by atoms with Crippen molar-refractivity contribution in [1.82, 2.24) is 4.90 Å². The summed E-state index contributed by atoms with van der Waals surface area (Å²) in [6, 6.07) is 2.12. The van der Waals surface area contributed by atoms with E-state index in [-0.39, 0.29) is 11.8 Å². The minimum absolute atomic E-state index is 0.0801. The third kappa shape index (κ3) is 2.53. The van der Waals surface area contributed by atoms with Gasteiger partial charge in [-0.3, -0.25) is 4.79 Å². The average molecular weight is 252 g/mol. The van der Waals surface area contributed by atoms with Crippen LogP contribution in [0.15, 0.2) is 11.4 Å². The first kappa shape index (κ1) is 12.6. The highest BCUT2D eigenvalue weighted by Gasteiger charge is 2.29.